The number of alkyl halides is 3. The van der Waals surface area contributed by atoms with E-state index in [2.05, 4.69) is 10.4 Å². The molecule has 0 bridgehead atoms. The van der Waals surface area contributed by atoms with Gasteiger partial charge in [-0.15, -0.1) is 0 Å². The summed E-state index contributed by atoms with van der Waals surface area (Å²) in [7, 11) is 0. The summed E-state index contributed by atoms with van der Waals surface area (Å²) >= 11 is 0. The topological polar surface area (TPSA) is 87.5 Å². The Hall–Kier alpha value is -2.26. The van der Waals surface area contributed by atoms with E-state index in [1.165, 1.54) is 6.20 Å². The van der Waals surface area contributed by atoms with E-state index in [1.807, 2.05) is 13.8 Å². The van der Waals surface area contributed by atoms with Crippen molar-refractivity contribution in [3.05, 3.63) is 11.9 Å². The number of anilines is 1. The van der Waals surface area contributed by atoms with Crippen LogP contribution in [-0.2, 0) is 11.3 Å². The molecule has 1 fully saturated rings. The van der Waals surface area contributed by atoms with Crippen LogP contribution in [0.15, 0.2) is 6.20 Å². The Labute approximate surface area is 142 Å². The van der Waals surface area contributed by atoms with Crippen molar-refractivity contribution in [2.75, 3.05) is 18.4 Å². The van der Waals surface area contributed by atoms with E-state index in [1.54, 1.807) is 11.6 Å². The first-order valence-electron chi connectivity index (χ1n) is 7.88. The van der Waals surface area contributed by atoms with Crippen molar-refractivity contribution >= 4 is 17.7 Å². The average molecular weight is 362 g/mol. The van der Waals surface area contributed by atoms with E-state index in [0.29, 0.717) is 23.8 Å². The van der Waals surface area contributed by atoms with Crippen LogP contribution in [0.4, 0.5) is 23.7 Å². The number of urea groups is 1. The zero-order valence-electron chi connectivity index (χ0n) is 14.2. The minimum Gasteiger partial charge on any atom is -0.481 e. The summed E-state index contributed by atoms with van der Waals surface area (Å²) in [6.45, 7) is 5.24. The quantitative estimate of drug-likeness (QED) is 0.862. The molecule has 0 saturated carbocycles. The second-order valence-corrected chi connectivity index (χ2v) is 6.65. The Balaban J connectivity index is 2.09. The van der Waals surface area contributed by atoms with Gasteiger partial charge in [0.15, 0.2) is 0 Å². The van der Waals surface area contributed by atoms with Gasteiger partial charge in [0.2, 0.25) is 0 Å². The minimum atomic E-state index is -4.67. The zero-order valence-corrected chi connectivity index (χ0v) is 14.2. The summed E-state index contributed by atoms with van der Waals surface area (Å²) < 4.78 is 40.7. The molecule has 1 saturated heterocycles. The van der Waals surface area contributed by atoms with Gasteiger partial charge in [0, 0.05) is 19.6 Å². The largest absolute Gasteiger partial charge is 0.481 e. The molecular weight excluding hydrogens is 341 g/mol. The first kappa shape index (κ1) is 19.1. The Kier molecular flexibility index (Phi) is 5.28. The smallest absolute Gasteiger partial charge is 0.394 e. The first-order valence-corrected chi connectivity index (χ1v) is 7.88. The predicted octanol–water partition coefficient (Wildman–Crippen LogP) is 2.57. The average Bonchev–Trinajstić information content (AvgIpc) is 3.05. The molecule has 1 aromatic heterocycles. The summed E-state index contributed by atoms with van der Waals surface area (Å²) in [6, 6.07) is -0.759. The van der Waals surface area contributed by atoms with Crippen molar-refractivity contribution in [2.45, 2.75) is 33.5 Å². The number of aromatic nitrogens is 2. The zero-order chi connectivity index (χ0) is 18.9. The second kappa shape index (κ2) is 6.93. The normalized spacial score (nSPS) is 21.0. The number of nitrogens with zero attached hydrogens (tertiary/aromatic N) is 3. The van der Waals surface area contributed by atoms with Gasteiger partial charge in [0.25, 0.3) is 0 Å². The molecule has 0 spiro atoms. The highest BCUT2D eigenvalue weighted by Gasteiger charge is 2.53. The van der Waals surface area contributed by atoms with E-state index < -0.39 is 43.1 Å². The van der Waals surface area contributed by atoms with Crippen molar-refractivity contribution < 1.29 is 27.9 Å². The number of carboxylic acids is 1. The molecule has 1 aliphatic rings. The number of carboxylic acid groups (broad SMARTS) is 1. The van der Waals surface area contributed by atoms with E-state index in [4.69, 9.17) is 5.11 Å². The molecule has 2 rings (SSSR count). The molecule has 2 N–H and O–H groups in total. The van der Waals surface area contributed by atoms with E-state index in [-0.39, 0.29) is 0 Å². The molecular formula is C15H21F3N4O3. The van der Waals surface area contributed by atoms with Gasteiger partial charge in [0.1, 0.15) is 0 Å². The number of rotatable bonds is 4. The Bertz CT molecular complexity index is 657. The first-order chi connectivity index (χ1) is 11.5. The number of carbonyl (C=O) groups is 2. The van der Waals surface area contributed by atoms with Crippen LogP contribution >= 0.6 is 0 Å². The Morgan fingerprint density at radius 2 is 2.04 bits per heavy atom. The summed E-state index contributed by atoms with van der Waals surface area (Å²) in [5, 5.41) is 15.7. The highest BCUT2D eigenvalue weighted by molar-refractivity contribution is 5.90. The van der Waals surface area contributed by atoms with Crippen LogP contribution in [0.2, 0.25) is 0 Å². The molecule has 0 aliphatic carbocycles. The van der Waals surface area contributed by atoms with Gasteiger partial charge >= 0.3 is 18.2 Å². The summed E-state index contributed by atoms with van der Waals surface area (Å²) in [4.78, 5) is 24.2. The number of amides is 2. The van der Waals surface area contributed by atoms with Crippen molar-refractivity contribution in [1.29, 1.82) is 0 Å². The van der Waals surface area contributed by atoms with Gasteiger partial charge in [-0.2, -0.15) is 18.3 Å². The summed E-state index contributed by atoms with van der Waals surface area (Å²) in [5.74, 6) is -4.95. The molecule has 1 aromatic rings. The third kappa shape index (κ3) is 4.23. The maximum Gasteiger partial charge on any atom is 0.394 e. The van der Waals surface area contributed by atoms with Crippen LogP contribution in [-0.4, -0.2) is 51.1 Å². The third-order valence-corrected chi connectivity index (χ3v) is 4.23. The van der Waals surface area contributed by atoms with Crippen LogP contribution in [0.3, 0.4) is 0 Å². The Morgan fingerprint density at radius 1 is 1.40 bits per heavy atom. The fourth-order valence-corrected chi connectivity index (χ4v) is 2.84. The van der Waals surface area contributed by atoms with Gasteiger partial charge in [0.05, 0.1) is 29.4 Å². The lowest BCUT2D eigenvalue weighted by molar-refractivity contribution is -0.187. The third-order valence-electron chi connectivity index (χ3n) is 4.23. The van der Waals surface area contributed by atoms with E-state index in [0.717, 1.165) is 4.90 Å². The van der Waals surface area contributed by atoms with Crippen LogP contribution in [0.5, 0.6) is 0 Å². The van der Waals surface area contributed by atoms with Gasteiger partial charge < -0.3 is 15.3 Å². The van der Waals surface area contributed by atoms with Gasteiger partial charge in [-0.3, -0.25) is 9.48 Å². The maximum absolute atomic E-state index is 13.0. The van der Waals surface area contributed by atoms with Crippen molar-refractivity contribution in [3.63, 3.8) is 0 Å². The van der Waals surface area contributed by atoms with Crippen molar-refractivity contribution in [1.82, 2.24) is 14.7 Å². The Morgan fingerprint density at radius 3 is 2.52 bits per heavy atom. The van der Waals surface area contributed by atoms with Gasteiger partial charge in [-0.05, 0) is 12.8 Å². The van der Waals surface area contributed by atoms with Crippen molar-refractivity contribution in [3.8, 4) is 0 Å². The van der Waals surface area contributed by atoms with Crippen LogP contribution in [0.1, 0.15) is 19.5 Å². The highest BCUT2D eigenvalue weighted by atomic mass is 19.4. The highest BCUT2D eigenvalue weighted by Crippen LogP contribution is 2.37. The number of hydrogen-bond donors (Lipinski definition) is 2. The number of halogens is 3. The lowest BCUT2D eigenvalue weighted by atomic mass is 9.96. The molecule has 1 aliphatic heterocycles. The second-order valence-electron chi connectivity index (χ2n) is 6.65. The number of hydrogen-bond acceptors (Lipinski definition) is 3. The molecule has 2 atom stereocenters. The van der Waals surface area contributed by atoms with Gasteiger partial charge in [-0.25, -0.2) is 4.79 Å². The molecule has 0 radical (unpaired) electrons. The van der Waals surface area contributed by atoms with Crippen LogP contribution < -0.4 is 5.32 Å². The van der Waals surface area contributed by atoms with Crippen LogP contribution in [0.25, 0.3) is 0 Å². The minimum absolute atomic E-state index is 0.338. The fourth-order valence-electron chi connectivity index (χ4n) is 2.84. The number of carbonyl (C=O) groups excluding carboxylic acids is 1. The fraction of sp³-hybridized carbons (Fsp3) is 0.667. The molecule has 140 valence electrons. The van der Waals surface area contributed by atoms with Crippen LogP contribution in [0, 0.1) is 24.7 Å². The summed E-state index contributed by atoms with van der Waals surface area (Å²) in [6.07, 6.45) is -3.24. The number of aliphatic carboxylic acids is 1. The molecule has 25 heavy (non-hydrogen) atoms. The number of likely N-dealkylation sites (tertiary alicyclic amines) is 1. The molecule has 2 amide bonds. The summed E-state index contributed by atoms with van der Waals surface area (Å²) in [5.41, 5.74) is 1.08. The van der Waals surface area contributed by atoms with Crippen molar-refractivity contribution in [2.24, 2.45) is 17.8 Å². The number of nitrogens with one attached hydrogen (secondary N) is 1. The monoisotopic (exact) mass is 362 g/mol. The molecule has 7 nitrogen and oxygen atoms in total. The maximum atomic E-state index is 13.0. The molecule has 0 aromatic carbocycles. The lowest BCUT2D eigenvalue weighted by Crippen LogP contribution is -2.35. The molecule has 2 heterocycles. The predicted molar refractivity (Wildman–Crippen MR) is 83.1 cm³/mol. The molecule has 10 heteroatoms. The van der Waals surface area contributed by atoms with E-state index in [9.17, 15) is 22.8 Å². The van der Waals surface area contributed by atoms with Gasteiger partial charge in [-0.1, -0.05) is 13.8 Å². The lowest BCUT2D eigenvalue weighted by Gasteiger charge is -2.18. The van der Waals surface area contributed by atoms with E-state index >= 15 is 0 Å². The molecule has 0 unspecified atom stereocenters. The standard InChI is InChI=1S/C15H21F3N4O3/c1-8(2)5-22-9(3)12(4-19-22)20-14(25)21-6-10(13(23)24)11(7-21)15(16,17)18/h4,8,10-11H,5-7H2,1-3H3,(H,20,25)(H,23,24)/t10-,11-/m1/s1. The SMILES string of the molecule is Cc1c(NC(=O)N2C[C@@H](C(F)(F)F)[C@H](C(=O)O)C2)cnn1CC(C)C.